The third-order valence-corrected chi connectivity index (χ3v) is 5.47. The largest absolute Gasteiger partial charge is 0.481 e. The molecule has 2 aromatic rings. The van der Waals surface area contributed by atoms with Gasteiger partial charge in [0.15, 0.2) is 0 Å². The Morgan fingerprint density at radius 1 is 1.21 bits per heavy atom. The minimum Gasteiger partial charge on any atom is -0.481 e. The molecule has 9 nitrogen and oxygen atoms in total. The van der Waals surface area contributed by atoms with Crippen LogP contribution in [-0.2, 0) is 20.6 Å². The molecule has 1 aromatic carbocycles. The van der Waals surface area contributed by atoms with E-state index in [2.05, 4.69) is 10.3 Å². The van der Waals surface area contributed by atoms with Crippen molar-refractivity contribution in [2.24, 2.45) is 5.73 Å². The Morgan fingerprint density at radius 2 is 1.97 bits per heavy atom. The summed E-state index contributed by atoms with van der Waals surface area (Å²) in [5.74, 6) is -0.0335. The van der Waals surface area contributed by atoms with E-state index in [-0.39, 0.29) is 18.2 Å². The van der Waals surface area contributed by atoms with Gasteiger partial charge in [0.05, 0.1) is 44.1 Å². The van der Waals surface area contributed by atoms with Crippen LogP contribution < -0.4 is 15.8 Å². The lowest BCUT2D eigenvalue weighted by molar-refractivity contribution is -0.0203. The van der Waals surface area contributed by atoms with Crippen molar-refractivity contribution in [3.8, 4) is 5.88 Å². The molecule has 1 amide bonds. The van der Waals surface area contributed by atoms with Gasteiger partial charge >= 0.3 is 12.1 Å². The second kappa shape index (κ2) is 10.4. The lowest BCUT2D eigenvalue weighted by Crippen LogP contribution is -2.50. The number of hydrogen-bond acceptors (Lipinski definition) is 8. The number of fused-ring (bicyclic) bond motifs is 1. The van der Waals surface area contributed by atoms with Crippen molar-refractivity contribution in [1.82, 2.24) is 10.3 Å². The molecule has 2 heterocycles. The van der Waals surface area contributed by atoms with Gasteiger partial charge in [-0.15, -0.1) is 0 Å². The van der Waals surface area contributed by atoms with Crippen LogP contribution in [-0.4, -0.2) is 61.7 Å². The van der Waals surface area contributed by atoms with Crippen LogP contribution in [0.25, 0.3) is 10.9 Å². The molecule has 0 saturated carbocycles. The molecule has 0 spiro atoms. The highest BCUT2D eigenvalue weighted by atomic mass is 16.6. The quantitative estimate of drug-likeness (QED) is 0.632. The molecule has 0 aliphatic carbocycles. The standard InChI is InChI=1S/C24H33N3O6/c1-24(2,3)33-23(29)26-18(19-10-7-15(25)13-32-19)12-14-6-8-17(22(28)31-5)16-9-11-20(30-4)27-21(14)16/h6,8-9,11,15,18-19H,7,10,12-13,25H2,1-5H3,(H,26,29)/t15-,18?,19+/m0/s1. The zero-order valence-electron chi connectivity index (χ0n) is 19.8. The highest BCUT2D eigenvalue weighted by Gasteiger charge is 2.31. The van der Waals surface area contributed by atoms with Crippen LogP contribution in [0.4, 0.5) is 4.79 Å². The number of amides is 1. The van der Waals surface area contributed by atoms with E-state index in [9.17, 15) is 9.59 Å². The van der Waals surface area contributed by atoms with Crippen molar-refractivity contribution >= 4 is 23.0 Å². The van der Waals surface area contributed by atoms with Crippen molar-refractivity contribution in [2.75, 3.05) is 20.8 Å². The summed E-state index contributed by atoms with van der Waals surface area (Å²) in [5.41, 5.74) is 7.20. The van der Waals surface area contributed by atoms with Gasteiger partial charge < -0.3 is 30.0 Å². The predicted molar refractivity (Wildman–Crippen MR) is 123 cm³/mol. The molecule has 1 fully saturated rings. The summed E-state index contributed by atoms with van der Waals surface area (Å²) in [6, 6.07) is 6.60. The number of hydrogen-bond donors (Lipinski definition) is 2. The minimum absolute atomic E-state index is 0.0190. The number of nitrogens with two attached hydrogens (primary N) is 1. The van der Waals surface area contributed by atoms with Crippen LogP contribution >= 0.6 is 0 Å². The molecule has 3 N–H and O–H groups in total. The number of carbonyl (C=O) groups is 2. The Morgan fingerprint density at radius 3 is 2.58 bits per heavy atom. The fourth-order valence-corrected chi connectivity index (χ4v) is 3.90. The number of esters is 1. The number of methoxy groups -OCH3 is 2. The summed E-state index contributed by atoms with van der Waals surface area (Å²) >= 11 is 0. The van der Waals surface area contributed by atoms with Crippen LogP contribution in [0, 0.1) is 0 Å². The molecule has 9 heteroatoms. The maximum Gasteiger partial charge on any atom is 0.407 e. The zero-order chi connectivity index (χ0) is 24.2. The predicted octanol–water partition coefficient (Wildman–Crippen LogP) is 2.97. The highest BCUT2D eigenvalue weighted by Crippen LogP contribution is 2.27. The Kier molecular flexibility index (Phi) is 7.76. The van der Waals surface area contributed by atoms with E-state index in [4.69, 9.17) is 24.7 Å². The molecule has 1 saturated heterocycles. The smallest absolute Gasteiger partial charge is 0.407 e. The molecule has 0 bridgehead atoms. The van der Waals surface area contributed by atoms with E-state index in [0.29, 0.717) is 41.8 Å². The number of nitrogens with zero attached hydrogens (tertiary/aromatic N) is 1. The molecule has 3 atom stereocenters. The maximum absolute atomic E-state index is 12.6. The lowest BCUT2D eigenvalue weighted by Gasteiger charge is -2.34. The van der Waals surface area contributed by atoms with Crippen LogP contribution in [0.5, 0.6) is 5.88 Å². The number of carbonyl (C=O) groups excluding carboxylic acids is 2. The van der Waals surface area contributed by atoms with Crippen LogP contribution in [0.2, 0.25) is 0 Å². The first-order chi connectivity index (χ1) is 15.6. The molecule has 1 aliphatic heterocycles. The Labute approximate surface area is 193 Å². The number of pyridine rings is 1. The minimum atomic E-state index is -0.631. The molecular formula is C24H33N3O6. The van der Waals surface area contributed by atoms with Crippen molar-refractivity contribution in [3.05, 3.63) is 35.4 Å². The lowest BCUT2D eigenvalue weighted by atomic mass is 9.93. The number of ether oxygens (including phenoxy) is 4. The number of rotatable bonds is 6. The highest BCUT2D eigenvalue weighted by molar-refractivity contribution is 6.04. The summed E-state index contributed by atoms with van der Waals surface area (Å²) in [4.78, 5) is 29.5. The first-order valence-electron chi connectivity index (χ1n) is 11.0. The van der Waals surface area contributed by atoms with Crippen molar-refractivity contribution in [3.63, 3.8) is 0 Å². The van der Waals surface area contributed by atoms with E-state index < -0.39 is 17.7 Å². The van der Waals surface area contributed by atoms with Crippen molar-refractivity contribution < 1.29 is 28.5 Å². The molecule has 1 aliphatic rings. The number of alkyl carbamates (subject to hydrolysis) is 1. The van der Waals surface area contributed by atoms with Crippen molar-refractivity contribution in [2.45, 2.75) is 63.8 Å². The van der Waals surface area contributed by atoms with E-state index in [1.165, 1.54) is 14.2 Å². The van der Waals surface area contributed by atoms with Gasteiger partial charge in [-0.1, -0.05) is 6.07 Å². The van der Waals surface area contributed by atoms with Crippen molar-refractivity contribution in [1.29, 1.82) is 0 Å². The summed E-state index contributed by atoms with van der Waals surface area (Å²) < 4.78 is 21.7. The summed E-state index contributed by atoms with van der Waals surface area (Å²) in [7, 11) is 2.87. The summed E-state index contributed by atoms with van der Waals surface area (Å²) in [6.07, 6.45) is 1.16. The molecule has 180 valence electrons. The van der Waals surface area contributed by atoms with Gasteiger partial charge in [-0.05, 0) is 57.7 Å². The van der Waals surface area contributed by atoms with Gasteiger partial charge in [-0.25, -0.2) is 14.6 Å². The van der Waals surface area contributed by atoms with E-state index >= 15 is 0 Å². The second-order valence-electron chi connectivity index (χ2n) is 9.18. The third kappa shape index (κ3) is 6.33. The topological polar surface area (TPSA) is 122 Å². The third-order valence-electron chi connectivity index (χ3n) is 5.47. The first kappa shape index (κ1) is 24.7. The number of benzene rings is 1. The normalized spacial score (nSPS) is 19.6. The average Bonchev–Trinajstić information content (AvgIpc) is 2.77. The average molecular weight is 460 g/mol. The van der Waals surface area contributed by atoms with Gasteiger partial charge in [0.25, 0.3) is 0 Å². The van der Waals surface area contributed by atoms with Crippen LogP contribution in [0.3, 0.4) is 0 Å². The van der Waals surface area contributed by atoms with Crippen LogP contribution in [0.1, 0.15) is 49.5 Å². The van der Waals surface area contributed by atoms with Gasteiger partial charge in [0.1, 0.15) is 5.60 Å². The molecule has 3 rings (SSSR count). The Bertz CT molecular complexity index is 996. The van der Waals surface area contributed by atoms with Gasteiger partial charge in [0.2, 0.25) is 5.88 Å². The molecular weight excluding hydrogens is 426 g/mol. The van der Waals surface area contributed by atoms with E-state index in [1.807, 2.05) is 26.8 Å². The maximum atomic E-state index is 12.6. The Hall–Kier alpha value is -2.91. The second-order valence-corrected chi connectivity index (χ2v) is 9.18. The van der Waals surface area contributed by atoms with Gasteiger partial charge in [-0.2, -0.15) is 0 Å². The fourth-order valence-electron chi connectivity index (χ4n) is 3.90. The van der Waals surface area contributed by atoms with Gasteiger partial charge in [0, 0.05) is 17.5 Å². The van der Waals surface area contributed by atoms with E-state index in [0.717, 1.165) is 12.0 Å². The van der Waals surface area contributed by atoms with E-state index in [1.54, 1.807) is 18.2 Å². The fraction of sp³-hybridized carbons (Fsp3) is 0.542. The molecule has 1 unspecified atom stereocenters. The SMILES string of the molecule is COC(=O)c1ccc(CC(NC(=O)OC(C)(C)C)[C@H]2CC[C@H](N)CO2)c2nc(OC)ccc12. The zero-order valence-corrected chi connectivity index (χ0v) is 19.8. The van der Waals surface area contributed by atoms with Gasteiger partial charge in [-0.3, -0.25) is 0 Å². The number of aromatic nitrogens is 1. The first-order valence-corrected chi connectivity index (χ1v) is 11.0. The molecule has 0 radical (unpaired) electrons. The monoisotopic (exact) mass is 459 g/mol. The summed E-state index contributed by atoms with van der Waals surface area (Å²) in [5, 5.41) is 3.61. The number of nitrogens with one attached hydrogen (secondary N) is 1. The molecule has 1 aromatic heterocycles. The summed E-state index contributed by atoms with van der Waals surface area (Å²) in [6.45, 7) is 5.86. The Balaban J connectivity index is 1.97. The molecule has 33 heavy (non-hydrogen) atoms. The van der Waals surface area contributed by atoms with Crippen LogP contribution in [0.15, 0.2) is 24.3 Å².